The van der Waals surface area contributed by atoms with E-state index in [1.165, 1.54) is 11.3 Å². The average molecular weight is 253 g/mol. The summed E-state index contributed by atoms with van der Waals surface area (Å²) < 4.78 is 0.602. The molecular weight excluding hydrogens is 244 g/mol. The van der Waals surface area contributed by atoms with E-state index >= 15 is 0 Å². The monoisotopic (exact) mass is 252 g/mol. The molecule has 0 radical (unpaired) electrons. The van der Waals surface area contributed by atoms with Crippen molar-refractivity contribution >= 4 is 28.8 Å². The summed E-state index contributed by atoms with van der Waals surface area (Å²) in [4.78, 5) is 16.5. The fourth-order valence-electron chi connectivity index (χ4n) is 1.38. The molecule has 0 saturated carbocycles. The number of hydrogen-bond donors (Lipinski definition) is 1. The Hall–Kier alpha value is -1.39. The van der Waals surface area contributed by atoms with Crippen LogP contribution in [0.1, 0.15) is 10.4 Å². The number of thiophene rings is 1. The third-order valence-electron chi connectivity index (χ3n) is 2.12. The quantitative estimate of drug-likeness (QED) is 0.893. The van der Waals surface area contributed by atoms with Crippen LogP contribution >= 0.6 is 22.9 Å². The molecule has 2 rings (SSSR count). The molecule has 0 aliphatic heterocycles. The van der Waals surface area contributed by atoms with Gasteiger partial charge in [0.25, 0.3) is 5.91 Å². The molecule has 1 N–H and O–H groups in total. The molecule has 1 amide bonds. The molecule has 0 aromatic carbocycles. The van der Waals surface area contributed by atoms with Gasteiger partial charge in [-0.25, -0.2) is 0 Å². The maximum Gasteiger partial charge on any atom is 0.252 e. The van der Waals surface area contributed by atoms with Crippen LogP contribution in [-0.2, 0) is 0 Å². The van der Waals surface area contributed by atoms with E-state index in [4.69, 9.17) is 11.6 Å². The lowest BCUT2D eigenvalue weighted by atomic mass is 10.1. The van der Waals surface area contributed by atoms with E-state index in [2.05, 4.69) is 10.3 Å². The Kier molecular flexibility index (Phi) is 3.22. The predicted octanol–water partition coefficient (Wildman–Crippen LogP) is 2.82. The highest BCUT2D eigenvalue weighted by Gasteiger charge is 2.15. The van der Waals surface area contributed by atoms with Crippen molar-refractivity contribution in [2.75, 3.05) is 7.05 Å². The minimum absolute atomic E-state index is 0.130. The molecule has 0 spiro atoms. The van der Waals surface area contributed by atoms with Crippen molar-refractivity contribution in [3.63, 3.8) is 0 Å². The Morgan fingerprint density at radius 3 is 2.75 bits per heavy atom. The number of rotatable bonds is 2. The first-order chi connectivity index (χ1) is 7.72. The smallest absolute Gasteiger partial charge is 0.252 e. The molecule has 0 aliphatic rings. The van der Waals surface area contributed by atoms with Crippen LogP contribution in [0.5, 0.6) is 0 Å². The number of hydrogen-bond acceptors (Lipinski definition) is 3. The van der Waals surface area contributed by atoms with Crippen LogP contribution in [0.15, 0.2) is 30.6 Å². The summed E-state index contributed by atoms with van der Waals surface area (Å²) in [6, 6.07) is 5.39. The Morgan fingerprint density at radius 1 is 1.44 bits per heavy atom. The molecular formula is C11H9ClN2OS. The molecule has 0 saturated heterocycles. The summed E-state index contributed by atoms with van der Waals surface area (Å²) >= 11 is 7.33. The molecule has 0 aliphatic carbocycles. The van der Waals surface area contributed by atoms with Crippen molar-refractivity contribution < 1.29 is 4.79 Å². The van der Waals surface area contributed by atoms with Crippen LogP contribution in [0.3, 0.4) is 0 Å². The number of pyridine rings is 1. The zero-order chi connectivity index (χ0) is 11.5. The number of halogens is 1. The van der Waals surface area contributed by atoms with E-state index in [1.807, 2.05) is 12.1 Å². The van der Waals surface area contributed by atoms with Crippen molar-refractivity contribution in [2.24, 2.45) is 0 Å². The van der Waals surface area contributed by atoms with Crippen LogP contribution in [0.4, 0.5) is 0 Å². The molecule has 16 heavy (non-hydrogen) atoms. The highest BCUT2D eigenvalue weighted by Crippen LogP contribution is 2.35. The first kappa shape index (κ1) is 11.1. The first-order valence-electron chi connectivity index (χ1n) is 4.64. The van der Waals surface area contributed by atoms with Gasteiger partial charge in [-0.1, -0.05) is 11.6 Å². The van der Waals surface area contributed by atoms with Gasteiger partial charge in [0, 0.05) is 24.3 Å². The SMILES string of the molecule is CNC(=O)c1cc(Cl)sc1-c1ccncc1. The summed E-state index contributed by atoms with van der Waals surface area (Å²) in [5.74, 6) is -0.130. The Labute approximate surface area is 102 Å². The van der Waals surface area contributed by atoms with Crippen LogP contribution in [0, 0.1) is 0 Å². The third-order valence-corrected chi connectivity index (χ3v) is 3.43. The maximum atomic E-state index is 11.6. The van der Waals surface area contributed by atoms with Crippen molar-refractivity contribution in [3.05, 3.63) is 40.5 Å². The fourth-order valence-corrected chi connectivity index (χ4v) is 2.61. The van der Waals surface area contributed by atoms with E-state index in [9.17, 15) is 4.79 Å². The molecule has 2 aromatic rings. The highest BCUT2D eigenvalue weighted by atomic mass is 35.5. The minimum atomic E-state index is -0.130. The number of aromatic nitrogens is 1. The third kappa shape index (κ3) is 2.08. The molecule has 2 aromatic heterocycles. The van der Waals surface area contributed by atoms with Crippen molar-refractivity contribution in [1.29, 1.82) is 0 Å². The van der Waals surface area contributed by atoms with Gasteiger partial charge in [-0.3, -0.25) is 9.78 Å². The minimum Gasteiger partial charge on any atom is -0.355 e. The molecule has 0 bridgehead atoms. The molecule has 0 fully saturated rings. The van der Waals surface area contributed by atoms with Gasteiger partial charge in [0.1, 0.15) is 0 Å². The van der Waals surface area contributed by atoms with E-state index < -0.39 is 0 Å². The normalized spacial score (nSPS) is 10.1. The second-order valence-electron chi connectivity index (χ2n) is 3.11. The Bertz CT molecular complexity index is 510. The summed E-state index contributed by atoms with van der Waals surface area (Å²) in [6.45, 7) is 0. The van der Waals surface area contributed by atoms with Gasteiger partial charge in [0.05, 0.1) is 9.90 Å². The Balaban J connectivity index is 2.53. The van der Waals surface area contributed by atoms with Crippen LogP contribution in [-0.4, -0.2) is 17.9 Å². The van der Waals surface area contributed by atoms with Gasteiger partial charge in [0.15, 0.2) is 0 Å². The summed E-state index contributed by atoms with van der Waals surface area (Å²) in [7, 11) is 1.60. The van der Waals surface area contributed by atoms with Gasteiger partial charge in [0.2, 0.25) is 0 Å². The van der Waals surface area contributed by atoms with Gasteiger partial charge >= 0.3 is 0 Å². The maximum absolute atomic E-state index is 11.6. The molecule has 0 atom stereocenters. The van der Waals surface area contributed by atoms with E-state index in [-0.39, 0.29) is 5.91 Å². The van der Waals surface area contributed by atoms with E-state index in [1.54, 1.807) is 25.5 Å². The van der Waals surface area contributed by atoms with Crippen molar-refractivity contribution in [2.45, 2.75) is 0 Å². The zero-order valence-corrected chi connectivity index (χ0v) is 10.1. The Morgan fingerprint density at radius 2 is 2.12 bits per heavy atom. The number of nitrogens with one attached hydrogen (secondary N) is 1. The summed E-state index contributed by atoms with van der Waals surface area (Å²) in [5.41, 5.74) is 1.55. The van der Waals surface area contributed by atoms with Crippen molar-refractivity contribution in [3.8, 4) is 10.4 Å². The van der Waals surface area contributed by atoms with E-state index in [0.29, 0.717) is 9.90 Å². The zero-order valence-electron chi connectivity index (χ0n) is 8.53. The van der Waals surface area contributed by atoms with Crippen LogP contribution in [0.25, 0.3) is 10.4 Å². The van der Waals surface area contributed by atoms with Gasteiger partial charge in [-0.05, 0) is 23.8 Å². The average Bonchev–Trinajstić information content (AvgIpc) is 2.71. The van der Waals surface area contributed by atoms with Gasteiger partial charge < -0.3 is 5.32 Å². The molecule has 5 heteroatoms. The summed E-state index contributed by atoms with van der Waals surface area (Å²) in [6.07, 6.45) is 3.38. The van der Waals surface area contributed by atoms with Gasteiger partial charge in [-0.15, -0.1) is 11.3 Å². The summed E-state index contributed by atoms with van der Waals surface area (Å²) in [5, 5.41) is 2.60. The second kappa shape index (κ2) is 4.63. The lowest BCUT2D eigenvalue weighted by molar-refractivity contribution is 0.0964. The number of carbonyl (C=O) groups excluding carboxylic acids is 1. The van der Waals surface area contributed by atoms with Crippen molar-refractivity contribution in [1.82, 2.24) is 10.3 Å². The number of carbonyl (C=O) groups is 1. The van der Waals surface area contributed by atoms with Gasteiger partial charge in [-0.2, -0.15) is 0 Å². The second-order valence-corrected chi connectivity index (χ2v) is 4.79. The molecule has 0 unspecified atom stereocenters. The first-order valence-corrected chi connectivity index (χ1v) is 5.83. The van der Waals surface area contributed by atoms with Crippen LogP contribution < -0.4 is 5.32 Å². The highest BCUT2D eigenvalue weighted by molar-refractivity contribution is 7.19. The lowest BCUT2D eigenvalue weighted by Crippen LogP contribution is -2.17. The lowest BCUT2D eigenvalue weighted by Gasteiger charge is -2.01. The molecule has 82 valence electrons. The predicted molar refractivity (Wildman–Crippen MR) is 66.0 cm³/mol. The molecule has 3 nitrogen and oxygen atoms in total. The molecule has 2 heterocycles. The number of amides is 1. The number of nitrogens with zero attached hydrogens (tertiary/aromatic N) is 1. The van der Waals surface area contributed by atoms with Crippen LogP contribution in [0.2, 0.25) is 4.34 Å². The van der Waals surface area contributed by atoms with E-state index in [0.717, 1.165) is 10.4 Å². The largest absolute Gasteiger partial charge is 0.355 e. The standard InChI is InChI=1S/C11H9ClN2OS/c1-13-11(15)8-6-9(12)16-10(8)7-2-4-14-5-3-7/h2-6H,1H3,(H,13,15). The topological polar surface area (TPSA) is 42.0 Å². The fraction of sp³-hybridized carbons (Fsp3) is 0.0909.